The van der Waals surface area contributed by atoms with Gasteiger partial charge in [-0.3, -0.25) is 0 Å². The Hall–Kier alpha value is -3.36. The van der Waals surface area contributed by atoms with Gasteiger partial charge in [-0.05, 0) is 60.2 Å². The van der Waals surface area contributed by atoms with Gasteiger partial charge < -0.3 is 9.47 Å². The third-order valence-electron chi connectivity index (χ3n) is 4.00. The summed E-state index contributed by atoms with van der Waals surface area (Å²) in [5.74, 6) is 0.638. The lowest BCUT2D eigenvalue weighted by Gasteiger charge is -2.07. The second-order valence-electron chi connectivity index (χ2n) is 5.84. The fourth-order valence-electron chi connectivity index (χ4n) is 2.59. The number of hydrogen-bond donors (Lipinski definition) is 0. The first-order valence-corrected chi connectivity index (χ1v) is 9.23. The van der Waals surface area contributed by atoms with Crippen molar-refractivity contribution < 1.29 is 14.3 Å². The van der Waals surface area contributed by atoms with E-state index in [0.717, 1.165) is 15.6 Å². The van der Waals surface area contributed by atoms with E-state index in [1.165, 1.54) is 0 Å². The van der Waals surface area contributed by atoms with Crippen LogP contribution in [0.4, 0.5) is 0 Å². The number of hydrogen-bond acceptors (Lipinski definition) is 4. The predicted molar refractivity (Wildman–Crippen MR) is 112 cm³/mol. The maximum Gasteiger partial charge on any atom is 0.343 e. The van der Waals surface area contributed by atoms with E-state index in [-0.39, 0.29) is 0 Å². The molecule has 0 heterocycles. The van der Waals surface area contributed by atoms with Gasteiger partial charge in [0.25, 0.3) is 0 Å². The largest absolute Gasteiger partial charge is 0.496 e. The Morgan fingerprint density at radius 3 is 2.32 bits per heavy atom. The minimum absolute atomic E-state index is 0.428. The fraction of sp³-hybridized carbons (Fsp3) is 0.0435. The highest BCUT2D eigenvalue weighted by molar-refractivity contribution is 9.10. The highest BCUT2D eigenvalue weighted by atomic mass is 79.9. The molecule has 0 fully saturated rings. The first kappa shape index (κ1) is 19.4. The summed E-state index contributed by atoms with van der Waals surface area (Å²) in [6, 6.07) is 23.5. The van der Waals surface area contributed by atoms with Gasteiger partial charge in [0.15, 0.2) is 0 Å². The Morgan fingerprint density at radius 2 is 1.68 bits per heavy atom. The van der Waals surface area contributed by atoms with Gasteiger partial charge in [-0.2, -0.15) is 5.26 Å². The van der Waals surface area contributed by atoms with Crippen molar-refractivity contribution in [2.75, 3.05) is 7.11 Å². The van der Waals surface area contributed by atoms with Crippen molar-refractivity contribution in [1.82, 2.24) is 0 Å². The first-order valence-electron chi connectivity index (χ1n) is 8.43. The van der Waals surface area contributed by atoms with Crippen molar-refractivity contribution >= 4 is 33.5 Å². The van der Waals surface area contributed by atoms with Crippen molar-refractivity contribution in [2.45, 2.75) is 0 Å². The van der Waals surface area contributed by atoms with E-state index in [4.69, 9.17) is 9.47 Å². The Labute approximate surface area is 171 Å². The summed E-state index contributed by atoms with van der Waals surface area (Å²) in [5, 5.41) is 9.53. The molecular weight excluding hydrogens is 418 g/mol. The molecule has 3 aromatic rings. The number of allylic oxidation sites excluding steroid dienone is 1. The molecule has 3 aromatic carbocycles. The van der Waals surface area contributed by atoms with Crippen LogP contribution in [0, 0.1) is 11.3 Å². The van der Waals surface area contributed by atoms with E-state index in [2.05, 4.69) is 22.0 Å². The van der Waals surface area contributed by atoms with Crippen LogP contribution in [0.15, 0.2) is 77.3 Å². The van der Waals surface area contributed by atoms with Gasteiger partial charge in [-0.1, -0.05) is 40.2 Å². The van der Waals surface area contributed by atoms with Crippen LogP contribution in [0.1, 0.15) is 21.5 Å². The molecule has 0 atom stereocenters. The smallest absolute Gasteiger partial charge is 0.343 e. The van der Waals surface area contributed by atoms with Crippen LogP contribution in [0.5, 0.6) is 11.5 Å². The summed E-state index contributed by atoms with van der Waals surface area (Å²) in [7, 11) is 1.57. The van der Waals surface area contributed by atoms with Crippen LogP contribution in [0.25, 0.3) is 11.6 Å². The average molecular weight is 434 g/mol. The zero-order chi connectivity index (χ0) is 19.9. The van der Waals surface area contributed by atoms with Gasteiger partial charge in [0.05, 0.1) is 24.3 Å². The lowest BCUT2D eigenvalue weighted by atomic mass is 10.0. The Kier molecular flexibility index (Phi) is 6.25. The van der Waals surface area contributed by atoms with E-state index in [9.17, 15) is 10.1 Å². The molecule has 0 spiro atoms. The maximum atomic E-state index is 12.2. The minimum Gasteiger partial charge on any atom is -0.496 e. The molecule has 3 rings (SSSR count). The monoisotopic (exact) mass is 433 g/mol. The van der Waals surface area contributed by atoms with E-state index in [0.29, 0.717) is 22.6 Å². The second kappa shape index (κ2) is 9.03. The number of benzene rings is 3. The van der Waals surface area contributed by atoms with Crippen LogP contribution < -0.4 is 9.47 Å². The van der Waals surface area contributed by atoms with E-state index in [1.54, 1.807) is 61.7 Å². The Bertz CT molecular complexity index is 1050. The number of para-hydroxylation sites is 1. The van der Waals surface area contributed by atoms with Crippen LogP contribution in [0.2, 0.25) is 0 Å². The van der Waals surface area contributed by atoms with Crippen molar-refractivity contribution in [3.05, 3.63) is 94.0 Å². The third-order valence-corrected chi connectivity index (χ3v) is 4.53. The van der Waals surface area contributed by atoms with E-state index < -0.39 is 5.97 Å². The summed E-state index contributed by atoms with van der Waals surface area (Å²) in [6.07, 6.45) is 1.76. The van der Waals surface area contributed by atoms with Crippen molar-refractivity contribution in [3.8, 4) is 17.6 Å². The lowest BCUT2D eigenvalue weighted by molar-refractivity contribution is 0.0734. The molecule has 28 heavy (non-hydrogen) atoms. The van der Waals surface area contributed by atoms with Gasteiger partial charge in [0.1, 0.15) is 11.5 Å². The number of ether oxygens (including phenoxy) is 2. The molecule has 0 bridgehead atoms. The first-order chi connectivity index (χ1) is 13.6. The van der Waals surface area contributed by atoms with Crippen molar-refractivity contribution in [2.24, 2.45) is 0 Å². The van der Waals surface area contributed by atoms with Gasteiger partial charge in [0, 0.05) is 10.0 Å². The second-order valence-corrected chi connectivity index (χ2v) is 6.75. The molecule has 5 heteroatoms. The number of carbonyl (C=O) groups excluding carboxylic acids is 1. The minimum atomic E-state index is -0.428. The van der Waals surface area contributed by atoms with Crippen molar-refractivity contribution in [3.63, 3.8) is 0 Å². The molecule has 0 aliphatic carbocycles. The fourth-order valence-corrected chi connectivity index (χ4v) is 2.85. The Balaban J connectivity index is 1.78. The normalized spacial score (nSPS) is 10.8. The predicted octanol–water partition coefficient (Wildman–Crippen LogP) is 5.74. The van der Waals surface area contributed by atoms with Gasteiger partial charge in [0.2, 0.25) is 0 Å². The third kappa shape index (κ3) is 4.67. The molecule has 0 saturated carbocycles. The topological polar surface area (TPSA) is 59.3 Å². The molecule has 0 saturated heterocycles. The van der Waals surface area contributed by atoms with Crippen LogP contribution in [-0.4, -0.2) is 13.1 Å². The number of carbonyl (C=O) groups is 1. The molecule has 0 unspecified atom stereocenters. The highest BCUT2D eigenvalue weighted by Crippen LogP contribution is 2.27. The van der Waals surface area contributed by atoms with Crippen LogP contribution in [-0.2, 0) is 0 Å². The molecule has 0 N–H and O–H groups in total. The van der Waals surface area contributed by atoms with Gasteiger partial charge >= 0.3 is 5.97 Å². The number of nitriles is 1. The SMILES string of the molecule is COc1ccccc1/C(C#N)=C\c1ccc(OC(=O)c2ccc(Br)cc2)cc1. The maximum absolute atomic E-state index is 12.2. The summed E-state index contributed by atoms with van der Waals surface area (Å²) >= 11 is 3.33. The van der Waals surface area contributed by atoms with Crippen molar-refractivity contribution in [1.29, 1.82) is 5.26 Å². The standard InChI is InChI=1S/C23H16BrNO3/c1-27-22-5-3-2-4-21(22)18(15-25)14-16-6-12-20(13-7-16)28-23(26)17-8-10-19(24)11-9-17/h2-14H,1H3/b18-14-. The molecule has 4 nitrogen and oxygen atoms in total. The quantitative estimate of drug-likeness (QED) is 0.222. The Morgan fingerprint density at radius 1 is 1.00 bits per heavy atom. The van der Waals surface area contributed by atoms with Gasteiger partial charge in [-0.15, -0.1) is 0 Å². The number of methoxy groups -OCH3 is 1. The number of nitrogens with zero attached hydrogens (tertiary/aromatic N) is 1. The summed E-state index contributed by atoms with van der Waals surface area (Å²) < 4.78 is 11.6. The molecular formula is C23H16BrNO3. The lowest BCUT2D eigenvalue weighted by Crippen LogP contribution is -2.08. The summed E-state index contributed by atoms with van der Waals surface area (Å²) in [4.78, 5) is 12.2. The van der Waals surface area contributed by atoms with E-state index in [1.807, 2.05) is 24.3 Å². The molecule has 0 radical (unpaired) electrons. The van der Waals surface area contributed by atoms with Crippen LogP contribution in [0.3, 0.4) is 0 Å². The number of esters is 1. The summed E-state index contributed by atoms with van der Waals surface area (Å²) in [5.41, 5.74) is 2.48. The molecule has 0 aliphatic rings. The van der Waals surface area contributed by atoms with Crippen LogP contribution >= 0.6 is 15.9 Å². The highest BCUT2D eigenvalue weighted by Gasteiger charge is 2.10. The summed E-state index contributed by atoms with van der Waals surface area (Å²) in [6.45, 7) is 0. The zero-order valence-corrected chi connectivity index (χ0v) is 16.6. The average Bonchev–Trinajstić information content (AvgIpc) is 2.73. The molecule has 0 aromatic heterocycles. The number of halogens is 1. The molecule has 0 aliphatic heterocycles. The van der Waals surface area contributed by atoms with E-state index >= 15 is 0 Å². The van der Waals surface area contributed by atoms with Gasteiger partial charge in [-0.25, -0.2) is 4.79 Å². The molecule has 138 valence electrons. The zero-order valence-electron chi connectivity index (χ0n) is 15.1. The number of rotatable bonds is 5. The molecule has 0 amide bonds.